The molecular weight excluding hydrogens is 442 g/mol. The fourth-order valence-corrected chi connectivity index (χ4v) is 3.66. The summed E-state index contributed by atoms with van der Waals surface area (Å²) in [7, 11) is 0. The van der Waals surface area contributed by atoms with Gasteiger partial charge in [-0.1, -0.05) is 56.3 Å². The number of hydrogen-bond acceptors (Lipinski definition) is 4. The summed E-state index contributed by atoms with van der Waals surface area (Å²) in [6.07, 6.45) is 0.144. The zero-order chi connectivity index (χ0) is 25.4. The smallest absolute Gasteiger partial charge is 0.326 e. The van der Waals surface area contributed by atoms with Crippen molar-refractivity contribution in [3.05, 3.63) is 94.5 Å². The molecule has 0 aromatic heterocycles. The molecule has 3 aromatic carbocycles. The van der Waals surface area contributed by atoms with Crippen LogP contribution in [0.2, 0.25) is 0 Å². The zero-order valence-corrected chi connectivity index (χ0v) is 20.7. The van der Waals surface area contributed by atoms with Crippen molar-refractivity contribution in [3.8, 4) is 11.5 Å². The van der Waals surface area contributed by atoms with E-state index in [0.717, 1.165) is 16.7 Å². The maximum absolute atomic E-state index is 12.9. The van der Waals surface area contributed by atoms with Crippen molar-refractivity contribution >= 4 is 11.9 Å². The second-order valence-corrected chi connectivity index (χ2v) is 8.86. The number of hydrogen-bond donors (Lipinski definition) is 2. The molecule has 0 spiro atoms. The highest BCUT2D eigenvalue weighted by Gasteiger charge is 2.22. The van der Waals surface area contributed by atoms with Crippen LogP contribution in [-0.4, -0.2) is 29.6 Å². The molecule has 0 aliphatic carbocycles. The van der Waals surface area contributed by atoms with Gasteiger partial charge in [-0.3, -0.25) is 4.79 Å². The SMILES string of the molecule is Cc1c(OCc2ccc(C(C)C)cc2)ccc(C(=O)NC(CCOc2ccccc2)C(=O)O)c1C. The number of carboxylic acid groups (broad SMARTS) is 1. The Kier molecular flexibility index (Phi) is 8.90. The molecule has 1 amide bonds. The lowest BCUT2D eigenvalue weighted by atomic mass is 10.0. The van der Waals surface area contributed by atoms with Gasteiger partial charge in [-0.15, -0.1) is 0 Å². The number of rotatable bonds is 11. The largest absolute Gasteiger partial charge is 0.494 e. The number of ether oxygens (including phenoxy) is 2. The van der Waals surface area contributed by atoms with Crippen LogP contribution in [0.4, 0.5) is 0 Å². The summed E-state index contributed by atoms with van der Waals surface area (Å²) in [6, 6.07) is 19.9. The second kappa shape index (κ2) is 12.1. The maximum Gasteiger partial charge on any atom is 0.326 e. The maximum atomic E-state index is 12.9. The van der Waals surface area contributed by atoms with E-state index in [9.17, 15) is 14.7 Å². The first-order chi connectivity index (χ1) is 16.8. The van der Waals surface area contributed by atoms with Crippen molar-refractivity contribution in [1.82, 2.24) is 5.32 Å². The summed E-state index contributed by atoms with van der Waals surface area (Å²) in [5.41, 5.74) is 4.36. The minimum absolute atomic E-state index is 0.144. The van der Waals surface area contributed by atoms with Gasteiger partial charge < -0.3 is 19.9 Å². The quantitative estimate of drug-likeness (QED) is 0.374. The highest BCUT2D eigenvalue weighted by Crippen LogP contribution is 2.26. The standard InChI is InChI=1S/C29H33NO5/c1-19(2)23-12-10-22(11-13-23)18-35-27-15-14-25(20(3)21(27)4)28(31)30-26(29(32)33)16-17-34-24-8-6-5-7-9-24/h5-15,19,26H,16-18H2,1-4H3,(H,30,31)(H,32,33). The Balaban J connectivity index is 1.61. The highest BCUT2D eigenvalue weighted by molar-refractivity contribution is 5.98. The lowest BCUT2D eigenvalue weighted by Gasteiger charge is -2.18. The topological polar surface area (TPSA) is 84.9 Å². The molecule has 1 unspecified atom stereocenters. The number of nitrogens with one attached hydrogen (secondary N) is 1. The number of para-hydroxylation sites is 1. The number of aliphatic carboxylic acids is 1. The Morgan fingerprint density at radius 3 is 2.20 bits per heavy atom. The van der Waals surface area contributed by atoms with Gasteiger partial charge in [0.2, 0.25) is 0 Å². The molecule has 0 bridgehead atoms. The minimum Gasteiger partial charge on any atom is -0.494 e. The van der Waals surface area contributed by atoms with Crippen molar-refractivity contribution in [1.29, 1.82) is 0 Å². The van der Waals surface area contributed by atoms with Crippen LogP contribution >= 0.6 is 0 Å². The van der Waals surface area contributed by atoms with Gasteiger partial charge >= 0.3 is 5.97 Å². The molecule has 35 heavy (non-hydrogen) atoms. The average molecular weight is 476 g/mol. The Labute approximate surface area is 206 Å². The van der Waals surface area contributed by atoms with Crippen molar-refractivity contribution in [3.63, 3.8) is 0 Å². The Hall–Kier alpha value is -3.80. The fraction of sp³-hybridized carbons (Fsp3) is 0.310. The first kappa shape index (κ1) is 25.8. The summed E-state index contributed by atoms with van der Waals surface area (Å²) < 4.78 is 11.6. The van der Waals surface area contributed by atoms with E-state index in [2.05, 4.69) is 43.4 Å². The molecule has 6 heteroatoms. The van der Waals surface area contributed by atoms with E-state index >= 15 is 0 Å². The Morgan fingerprint density at radius 1 is 0.886 bits per heavy atom. The van der Waals surface area contributed by atoms with Gasteiger partial charge in [0.1, 0.15) is 24.1 Å². The monoisotopic (exact) mass is 475 g/mol. The van der Waals surface area contributed by atoms with Crippen molar-refractivity contribution in [2.75, 3.05) is 6.61 Å². The summed E-state index contributed by atoms with van der Waals surface area (Å²) in [4.78, 5) is 24.6. The molecule has 0 fully saturated rings. The van der Waals surface area contributed by atoms with Gasteiger partial charge in [0, 0.05) is 12.0 Å². The third kappa shape index (κ3) is 7.09. The predicted octanol–water partition coefficient (Wildman–Crippen LogP) is 5.66. The molecule has 3 aromatic rings. The lowest BCUT2D eigenvalue weighted by molar-refractivity contribution is -0.139. The lowest BCUT2D eigenvalue weighted by Crippen LogP contribution is -2.42. The zero-order valence-electron chi connectivity index (χ0n) is 20.7. The Bertz CT molecular complexity index is 1140. The van der Waals surface area contributed by atoms with Gasteiger partial charge in [-0.05, 0) is 66.3 Å². The summed E-state index contributed by atoms with van der Waals surface area (Å²) >= 11 is 0. The molecule has 1 atom stereocenters. The van der Waals surface area contributed by atoms with Crippen LogP contribution in [0.25, 0.3) is 0 Å². The van der Waals surface area contributed by atoms with Crippen molar-refractivity contribution in [2.24, 2.45) is 0 Å². The van der Waals surface area contributed by atoms with Gasteiger partial charge in [0.15, 0.2) is 0 Å². The van der Waals surface area contributed by atoms with E-state index in [4.69, 9.17) is 9.47 Å². The van der Waals surface area contributed by atoms with Gasteiger partial charge in [0.05, 0.1) is 6.61 Å². The average Bonchev–Trinajstić information content (AvgIpc) is 2.85. The number of amides is 1. The summed E-state index contributed by atoms with van der Waals surface area (Å²) in [5, 5.41) is 12.2. The van der Waals surface area contributed by atoms with Crippen molar-refractivity contribution in [2.45, 2.75) is 52.7 Å². The Morgan fingerprint density at radius 2 is 1.57 bits per heavy atom. The number of carboxylic acids is 1. The van der Waals surface area contributed by atoms with Crippen LogP contribution in [0.3, 0.4) is 0 Å². The first-order valence-corrected chi connectivity index (χ1v) is 11.8. The second-order valence-electron chi connectivity index (χ2n) is 8.86. The molecule has 3 rings (SSSR count). The molecular formula is C29H33NO5. The molecule has 0 saturated heterocycles. The molecule has 0 aliphatic heterocycles. The van der Waals surface area contributed by atoms with E-state index < -0.39 is 17.9 Å². The van der Waals surface area contributed by atoms with Crippen LogP contribution < -0.4 is 14.8 Å². The van der Waals surface area contributed by atoms with Crippen LogP contribution in [0, 0.1) is 13.8 Å². The number of carbonyl (C=O) groups excluding carboxylic acids is 1. The summed E-state index contributed by atoms with van der Waals surface area (Å²) in [6.45, 7) is 8.64. The number of benzene rings is 3. The molecule has 2 N–H and O–H groups in total. The first-order valence-electron chi connectivity index (χ1n) is 11.8. The van der Waals surface area contributed by atoms with Gasteiger partial charge in [0.25, 0.3) is 5.91 Å². The molecule has 6 nitrogen and oxygen atoms in total. The number of carbonyl (C=O) groups is 2. The highest BCUT2D eigenvalue weighted by atomic mass is 16.5. The van der Waals surface area contributed by atoms with E-state index in [1.54, 1.807) is 24.3 Å². The molecule has 0 aliphatic rings. The van der Waals surface area contributed by atoms with E-state index in [0.29, 0.717) is 29.6 Å². The predicted molar refractivity (Wildman–Crippen MR) is 136 cm³/mol. The summed E-state index contributed by atoms with van der Waals surface area (Å²) in [5.74, 6) is 0.283. The normalized spacial score (nSPS) is 11.7. The third-order valence-corrected chi connectivity index (χ3v) is 6.04. The van der Waals surface area contributed by atoms with Crippen LogP contribution in [0.1, 0.15) is 58.8 Å². The minimum atomic E-state index is -1.10. The third-order valence-electron chi connectivity index (χ3n) is 6.04. The molecule has 0 saturated carbocycles. The van der Waals surface area contributed by atoms with E-state index in [1.807, 2.05) is 32.0 Å². The van der Waals surface area contributed by atoms with Crippen LogP contribution in [0.15, 0.2) is 66.7 Å². The van der Waals surface area contributed by atoms with E-state index in [-0.39, 0.29) is 13.0 Å². The molecule has 0 radical (unpaired) electrons. The molecule has 0 heterocycles. The fourth-order valence-electron chi connectivity index (χ4n) is 3.66. The van der Waals surface area contributed by atoms with Crippen molar-refractivity contribution < 1.29 is 24.2 Å². The van der Waals surface area contributed by atoms with Crippen LogP contribution in [0.5, 0.6) is 11.5 Å². The van der Waals surface area contributed by atoms with E-state index in [1.165, 1.54) is 5.56 Å². The molecule has 184 valence electrons. The van der Waals surface area contributed by atoms with Gasteiger partial charge in [-0.2, -0.15) is 0 Å². The van der Waals surface area contributed by atoms with Crippen LogP contribution in [-0.2, 0) is 11.4 Å². The van der Waals surface area contributed by atoms with Gasteiger partial charge in [-0.25, -0.2) is 4.79 Å².